The second kappa shape index (κ2) is 9.80. The van der Waals surface area contributed by atoms with Crippen LogP contribution >= 0.6 is 11.9 Å². The van der Waals surface area contributed by atoms with Gasteiger partial charge in [0.05, 0.1) is 13.7 Å². The predicted octanol–water partition coefficient (Wildman–Crippen LogP) is 2.75. The summed E-state index contributed by atoms with van der Waals surface area (Å²) in [5.41, 5.74) is 2.39. The highest BCUT2D eigenvalue weighted by atomic mass is 32.2. The molecule has 6 heteroatoms. The van der Waals surface area contributed by atoms with Crippen LogP contribution in [0.4, 0.5) is 0 Å². The average Bonchev–Trinajstić information content (AvgIpc) is 2.53. The Bertz CT molecular complexity index is 500. The molecule has 1 amide bonds. The van der Waals surface area contributed by atoms with E-state index in [1.807, 2.05) is 26.1 Å². The predicted molar refractivity (Wildman–Crippen MR) is 95.1 cm³/mol. The zero-order valence-corrected chi connectivity index (χ0v) is 15.8. The molecule has 1 rings (SSSR count). The highest BCUT2D eigenvalue weighted by molar-refractivity contribution is 7.97. The van der Waals surface area contributed by atoms with Crippen LogP contribution in [0, 0.1) is 13.8 Å². The number of nitrogens with zero attached hydrogens (tertiary/aromatic N) is 2. The molecule has 0 aliphatic heterocycles. The van der Waals surface area contributed by atoms with Crippen LogP contribution in [0.3, 0.4) is 0 Å². The first-order valence-electron chi connectivity index (χ1n) is 7.75. The van der Waals surface area contributed by atoms with E-state index >= 15 is 0 Å². The smallest absolute Gasteiger partial charge is 0.248 e. The lowest BCUT2D eigenvalue weighted by molar-refractivity contribution is -0.134. The van der Waals surface area contributed by atoms with Crippen molar-refractivity contribution >= 4 is 17.9 Å². The summed E-state index contributed by atoms with van der Waals surface area (Å²) in [5, 5.41) is 0. The zero-order chi connectivity index (χ0) is 17.4. The maximum Gasteiger partial charge on any atom is 0.248 e. The molecule has 0 bridgehead atoms. The average molecular weight is 340 g/mol. The van der Waals surface area contributed by atoms with E-state index in [0.717, 1.165) is 12.3 Å². The molecule has 1 aromatic rings. The summed E-state index contributed by atoms with van der Waals surface area (Å²) in [7, 11) is 5.49. The van der Waals surface area contributed by atoms with Gasteiger partial charge in [-0.2, -0.15) is 0 Å². The number of carbonyl (C=O) groups excluding carboxylic acids is 1. The molecular weight excluding hydrogens is 312 g/mol. The first-order valence-corrected chi connectivity index (χ1v) is 8.52. The summed E-state index contributed by atoms with van der Waals surface area (Å²) >= 11 is 1.69. The van der Waals surface area contributed by atoms with E-state index in [1.54, 1.807) is 31.0 Å². The van der Waals surface area contributed by atoms with Gasteiger partial charge >= 0.3 is 0 Å². The van der Waals surface area contributed by atoms with Crippen molar-refractivity contribution in [3.05, 3.63) is 23.3 Å². The van der Waals surface area contributed by atoms with Crippen molar-refractivity contribution in [1.82, 2.24) is 9.21 Å². The van der Waals surface area contributed by atoms with Gasteiger partial charge in [-0.3, -0.25) is 4.79 Å². The monoisotopic (exact) mass is 340 g/mol. The van der Waals surface area contributed by atoms with E-state index in [2.05, 4.69) is 18.2 Å². The van der Waals surface area contributed by atoms with Crippen LogP contribution < -0.4 is 4.74 Å². The molecule has 0 aromatic heterocycles. The van der Waals surface area contributed by atoms with Crippen LogP contribution in [-0.2, 0) is 9.53 Å². The summed E-state index contributed by atoms with van der Waals surface area (Å²) in [5.74, 6) is 0.901. The fourth-order valence-electron chi connectivity index (χ4n) is 2.01. The Morgan fingerprint density at radius 2 is 1.83 bits per heavy atom. The van der Waals surface area contributed by atoms with Crippen LogP contribution in [0.2, 0.25) is 0 Å². The Balaban J connectivity index is 2.43. The van der Waals surface area contributed by atoms with E-state index in [-0.39, 0.29) is 12.5 Å². The molecule has 130 valence electrons. The number of methoxy groups -OCH3 is 1. The van der Waals surface area contributed by atoms with Crippen molar-refractivity contribution in [3.63, 3.8) is 0 Å². The lowest BCUT2D eigenvalue weighted by atomic mass is 10.1. The molecule has 0 N–H and O–H groups in total. The van der Waals surface area contributed by atoms with E-state index in [4.69, 9.17) is 9.47 Å². The molecule has 0 aliphatic rings. The van der Waals surface area contributed by atoms with E-state index in [9.17, 15) is 4.79 Å². The van der Waals surface area contributed by atoms with Gasteiger partial charge in [-0.25, -0.2) is 4.31 Å². The van der Waals surface area contributed by atoms with Gasteiger partial charge in [0, 0.05) is 25.0 Å². The summed E-state index contributed by atoms with van der Waals surface area (Å²) in [6, 6.07) is 4.08. The number of hydrogen-bond acceptors (Lipinski definition) is 5. The van der Waals surface area contributed by atoms with E-state index < -0.39 is 0 Å². The summed E-state index contributed by atoms with van der Waals surface area (Å²) < 4.78 is 12.9. The molecule has 0 saturated heterocycles. The van der Waals surface area contributed by atoms with Gasteiger partial charge in [-0.1, -0.05) is 0 Å². The molecule has 0 heterocycles. The molecule has 0 saturated carbocycles. The van der Waals surface area contributed by atoms with Crippen molar-refractivity contribution in [3.8, 4) is 5.75 Å². The Hall–Kier alpha value is -1.24. The number of benzene rings is 1. The Morgan fingerprint density at radius 3 is 2.35 bits per heavy atom. The number of aryl methyl sites for hydroxylation is 2. The zero-order valence-electron chi connectivity index (χ0n) is 15.0. The third-order valence-electron chi connectivity index (χ3n) is 3.59. The van der Waals surface area contributed by atoms with Gasteiger partial charge < -0.3 is 14.4 Å². The van der Waals surface area contributed by atoms with Gasteiger partial charge in [0.1, 0.15) is 12.4 Å². The maximum absolute atomic E-state index is 11.6. The molecule has 0 radical (unpaired) electrons. The number of likely N-dealkylation sites (N-methyl/N-ethyl adjacent to an activating group) is 2. The number of ether oxygens (including phenoxy) is 2. The summed E-state index contributed by atoms with van der Waals surface area (Å²) in [4.78, 5) is 14.5. The highest BCUT2D eigenvalue weighted by Crippen LogP contribution is 2.31. The Kier molecular flexibility index (Phi) is 8.44. The molecule has 5 nitrogen and oxygen atoms in total. The lowest BCUT2D eigenvalue weighted by Gasteiger charge is -2.19. The third-order valence-corrected chi connectivity index (χ3v) is 4.91. The van der Waals surface area contributed by atoms with E-state index in [0.29, 0.717) is 13.2 Å². The largest absolute Gasteiger partial charge is 0.497 e. The lowest BCUT2D eigenvalue weighted by Crippen LogP contribution is -2.30. The number of rotatable bonds is 9. The van der Waals surface area contributed by atoms with Gasteiger partial charge in [-0.05, 0) is 63.0 Å². The Morgan fingerprint density at radius 1 is 1.22 bits per heavy atom. The Labute approximate surface area is 144 Å². The SMILES string of the molecule is CCN(C)C(=O)COCCN(C)Sc1c(C)cc(OC)cc1C. The fourth-order valence-corrected chi connectivity index (χ4v) is 2.90. The molecule has 23 heavy (non-hydrogen) atoms. The van der Waals surface area contributed by atoms with Crippen LogP contribution in [0.25, 0.3) is 0 Å². The minimum absolute atomic E-state index is 0.0182. The number of amides is 1. The van der Waals surface area contributed by atoms with Crippen molar-refractivity contribution in [1.29, 1.82) is 0 Å². The number of carbonyl (C=O) groups is 1. The molecule has 0 unspecified atom stereocenters. The molecule has 0 spiro atoms. The van der Waals surface area contributed by atoms with Crippen molar-refractivity contribution in [2.45, 2.75) is 25.7 Å². The topological polar surface area (TPSA) is 42.0 Å². The standard InChI is InChI=1S/C17H28N2O3S/c1-7-18(4)16(20)12-22-9-8-19(5)23-17-13(2)10-15(21-6)11-14(17)3/h10-11H,7-9,12H2,1-6H3. The molecule has 0 atom stereocenters. The van der Waals surface area contributed by atoms with Crippen molar-refractivity contribution < 1.29 is 14.3 Å². The fraction of sp³-hybridized carbons (Fsp3) is 0.588. The van der Waals surface area contributed by atoms with Gasteiger partial charge in [0.2, 0.25) is 5.91 Å². The van der Waals surface area contributed by atoms with Crippen molar-refractivity contribution in [2.75, 3.05) is 47.5 Å². The van der Waals surface area contributed by atoms with Gasteiger partial charge in [0.25, 0.3) is 0 Å². The van der Waals surface area contributed by atoms with E-state index in [1.165, 1.54) is 16.0 Å². The molecular formula is C17H28N2O3S. The van der Waals surface area contributed by atoms with Crippen LogP contribution in [0.1, 0.15) is 18.1 Å². The second-order valence-corrected chi connectivity index (χ2v) is 6.71. The minimum atomic E-state index is 0.0182. The highest BCUT2D eigenvalue weighted by Gasteiger charge is 2.10. The second-order valence-electron chi connectivity index (χ2n) is 5.49. The third kappa shape index (κ3) is 6.41. The first kappa shape index (κ1) is 19.8. The van der Waals surface area contributed by atoms with Crippen LogP contribution in [0.15, 0.2) is 17.0 Å². The normalized spacial score (nSPS) is 10.9. The van der Waals surface area contributed by atoms with Crippen LogP contribution in [-0.4, -0.2) is 62.6 Å². The molecule has 1 aromatic carbocycles. The van der Waals surface area contributed by atoms with Crippen LogP contribution in [0.5, 0.6) is 5.75 Å². The quantitative estimate of drug-likeness (QED) is 0.511. The molecule has 0 aliphatic carbocycles. The van der Waals surface area contributed by atoms with Crippen molar-refractivity contribution in [2.24, 2.45) is 0 Å². The summed E-state index contributed by atoms with van der Waals surface area (Å²) in [6.07, 6.45) is 0. The first-order chi connectivity index (χ1) is 10.9. The van der Waals surface area contributed by atoms with Gasteiger partial charge in [-0.15, -0.1) is 0 Å². The minimum Gasteiger partial charge on any atom is -0.497 e. The summed E-state index contributed by atoms with van der Waals surface area (Å²) in [6.45, 7) is 8.24. The molecule has 0 fully saturated rings. The number of hydrogen-bond donors (Lipinski definition) is 0. The maximum atomic E-state index is 11.6. The van der Waals surface area contributed by atoms with Gasteiger partial charge in [0.15, 0.2) is 0 Å².